The van der Waals surface area contributed by atoms with Crippen LogP contribution in [0.25, 0.3) is 0 Å². The maximum Gasteiger partial charge on any atom is 0.249 e. The first-order valence-electron chi connectivity index (χ1n) is 9.56. The number of hydrogen-bond acceptors (Lipinski definition) is 1. The van der Waals surface area contributed by atoms with Crippen molar-refractivity contribution in [3.63, 3.8) is 0 Å². The lowest BCUT2D eigenvalue weighted by atomic mass is 10.3. The number of nitrogens with one attached hydrogen (secondary N) is 1. The Balaban J connectivity index is 1.96. The first-order valence-corrected chi connectivity index (χ1v) is 11.4. The van der Waals surface area contributed by atoms with Gasteiger partial charge in [0, 0.05) is 11.5 Å². The van der Waals surface area contributed by atoms with Crippen molar-refractivity contribution in [3.05, 3.63) is 121 Å². The van der Waals surface area contributed by atoms with Gasteiger partial charge >= 0.3 is 0 Å². The van der Waals surface area contributed by atoms with Gasteiger partial charge in [0.2, 0.25) is 5.91 Å². The maximum atomic E-state index is 13.2. The third-order valence-corrected chi connectivity index (χ3v) is 8.80. The summed E-state index contributed by atoms with van der Waals surface area (Å²) in [5.41, 5.74) is 0.793. The SMILES string of the molecule is O=C(C=P(c1ccccc1)(c1ccccc1)c1ccccc1)Nc1ccccc1. The number of rotatable bonds is 5. The summed E-state index contributed by atoms with van der Waals surface area (Å²) in [5.74, 6) is 1.81. The molecule has 0 saturated carbocycles. The third-order valence-electron chi connectivity index (χ3n) is 4.84. The van der Waals surface area contributed by atoms with Crippen molar-refractivity contribution in [2.75, 3.05) is 5.32 Å². The summed E-state index contributed by atoms with van der Waals surface area (Å²) < 4.78 is 0. The molecule has 3 heteroatoms. The van der Waals surface area contributed by atoms with Crippen molar-refractivity contribution in [3.8, 4) is 0 Å². The molecule has 142 valence electrons. The molecule has 4 aromatic rings. The van der Waals surface area contributed by atoms with Crippen molar-refractivity contribution in [2.24, 2.45) is 0 Å². The molecule has 4 aromatic carbocycles. The van der Waals surface area contributed by atoms with E-state index in [-0.39, 0.29) is 5.91 Å². The standard InChI is InChI=1S/C26H22NOP/c28-26(27-22-13-5-1-6-14-22)21-29(23-15-7-2-8-16-23,24-17-9-3-10-18-24)25-19-11-4-12-20-25/h1-21H,(H,27,28). The lowest BCUT2D eigenvalue weighted by Crippen LogP contribution is -2.30. The minimum atomic E-state index is -2.28. The second-order valence-electron chi connectivity index (χ2n) is 6.71. The van der Waals surface area contributed by atoms with E-state index in [0.29, 0.717) is 0 Å². The van der Waals surface area contributed by atoms with E-state index >= 15 is 0 Å². The Morgan fingerprint density at radius 1 is 0.552 bits per heavy atom. The van der Waals surface area contributed by atoms with Crippen LogP contribution >= 0.6 is 6.89 Å². The topological polar surface area (TPSA) is 29.1 Å². The van der Waals surface area contributed by atoms with Crippen LogP contribution < -0.4 is 21.2 Å². The van der Waals surface area contributed by atoms with Crippen molar-refractivity contribution in [1.29, 1.82) is 0 Å². The molecule has 2 nitrogen and oxygen atoms in total. The molecular formula is C26H22NOP. The van der Waals surface area contributed by atoms with Crippen molar-refractivity contribution >= 4 is 40.2 Å². The zero-order valence-electron chi connectivity index (χ0n) is 16.0. The summed E-state index contributed by atoms with van der Waals surface area (Å²) in [4.78, 5) is 13.2. The highest BCUT2D eigenvalue weighted by Gasteiger charge is 2.26. The average Bonchev–Trinajstić information content (AvgIpc) is 2.80. The largest absolute Gasteiger partial charge is 0.322 e. The number of para-hydroxylation sites is 1. The molecule has 0 saturated heterocycles. The Morgan fingerprint density at radius 3 is 1.28 bits per heavy atom. The Morgan fingerprint density at radius 2 is 0.897 bits per heavy atom. The van der Waals surface area contributed by atoms with Crippen molar-refractivity contribution < 1.29 is 4.79 Å². The second-order valence-corrected chi connectivity index (χ2v) is 9.97. The van der Waals surface area contributed by atoms with E-state index in [1.165, 1.54) is 0 Å². The van der Waals surface area contributed by atoms with E-state index in [1.54, 1.807) is 0 Å². The predicted octanol–water partition coefficient (Wildman–Crippen LogP) is 4.42. The van der Waals surface area contributed by atoms with Gasteiger partial charge in [-0.05, 0) is 34.9 Å². The fraction of sp³-hybridized carbons (Fsp3) is 0. The molecule has 0 aliphatic carbocycles. The minimum absolute atomic E-state index is 0.0962. The van der Waals surface area contributed by atoms with E-state index in [1.807, 2.05) is 90.7 Å². The molecule has 0 atom stereocenters. The zero-order chi connectivity index (χ0) is 19.9. The van der Waals surface area contributed by atoms with Crippen LogP contribution in [-0.2, 0) is 4.79 Å². The van der Waals surface area contributed by atoms with Crippen LogP contribution in [0.5, 0.6) is 0 Å². The molecule has 0 aromatic heterocycles. The fourth-order valence-electron chi connectivity index (χ4n) is 3.53. The number of amides is 1. The molecule has 0 aliphatic heterocycles. The minimum Gasteiger partial charge on any atom is -0.322 e. The summed E-state index contributed by atoms with van der Waals surface area (Å²) >= 11 is 0. The Bertz CT molecular complexity index is 1020. The summed E-state index contributed by atoms with van der Waals surface area (Å²) in [7, 11) is 0. The number of benzene rings is 4. The highest BCUT2D eigenvalue weighted by Crippen LogP contribution is 2.43. The molecule has 0 radical (unpaired) electrons. The first kappa shape index (κ1) is 19.0. The van der Waals surface area contributed by atoms with Gasteiger partial charge in [0.25, 0.3) is 0 Å². The smallest absolute Gasteiger partial charge is 0.249 e. The lowest BCUT2D eigenvalue weighted by Gasteiger charge is -2.28. The number of carbonyl (C=O) groups excluding carboxylic acids is 1. The second kappa shape index (κ2) is 8.77. The van der Waals surface area contributed by atoms with E-state index in [9.17, 15) is 4.79 Å². The first-order chi connectivity index (χ1) is 14.3. The van der Waals surface area contributed by atoms with Gasteiger partial charge in [-0.2, -0.15) is 0 Å². The number of carbonyl (C=O) groups is 1. The zero-order valence-corrected chi connectivity index (χ0v) is 16.9. The molecule has 0 fully saturated rings. The molecular weight excluding hydrogens is 373 g/mol. The van der Waals surface area contributed by atoms with Crippen LogP contribution in [0.15, 0.2) is 121 Å². The van der Waals surface area contributed by atoms with Crippen molar-refractivity contribution in [2.45, 2.75) is 0 Å². The quantitative estimate of drug-likeness (QED) is 0.498. The number of anilines is 1. The van der Waals surface area contributed by atoms with Gasteiger partial charge in [0.05, 0.1) is 0 Å². The molecule has 1 N–H and O–H groups in total. The maximum absolute atomic E-state index is 13.2. The molecule has 0 unspecified atom stereocenters. The van der Waals surface area contributed by atoms with E-state index in [0.717, 1.165) is 21.6 Å². The van der Waals surface area contributed by atoms with Gasteiger partial charge < -0.3 is 5.32 Å². The van der Waals surface area contributed by atoms with Gasteiger partial charge in [0.15, 0.2) is 0 Å². The monoisotopic (exact) mass is 395 g/mol. The van der Waals surface area contributed by atoms with Gasteiger partial charge in [-0.3, -0.25) is 4.79 Å². The van der Waals surface area contributed by atoms with E-state index in [4.69, 9.17) is 0 Å². The highest BCUT2D eigenvalue weighted by atomic mass is 31.2. The molecule has 0 aliphatic rings. The Labute approximate surface area is 171 Å². The average molecular weight is 395 g/mol. The highest BCUT2D eigenvalue weighted by molar-refractivity contribution is 7.95. The van der Waals surface area contributed by atoms with Crippen LogP contribution in [0, 0.1) is 0 Å². The lowest BCUT2D eigenvalue weighted by molar-refractivity contribution is -0.109. The predicted molar refractivity (Wildman–Crippen MR) is 126 cm³/mol. The van der Waals surface area contributed by atoms with Crippen LogP contribution in [0.2, 0.25) is 0 Å². The molecule has 4 rings (SSSR count). The Hall–Kier alpha value is -3.35. The molecule has 0 heterocycles. The van der Waals surface area contributed by atoms with Gasteiger partial charge in [-0.15, -0.1) is 0 Å². The van der Waals surface area contributed by atoms with Gasteiger partial charge in [-0.1, -0.05) is 109 Å². The van der Waals surface area contributed by atoms with Crippen LogP contribution in [0.4, 0.5) is 5.69 Å². The van der Waals surface area contributed by atoms with Crippen LogP contribution in [0.1, 0.15) is 0 Å². The van der Waals surface area contributed by atoms with Crippen molar-refractivity contribution in [1.82, 2.24) is 0 Å². The van der Waals surface area contributed by atoms with E-state index < -0.39 is 6.89 Å². The normalized spacial score (nSPS) is 10.9. The number of hydrogen-bond donors (Lipinski definition) is 1. The summed E-state index contributed by atoms with van der Waals surface area (Å²) in [6.45, 7) is -2.28. The van der Waals surface area contributed by atoms with E-state index in [2.05, 4.69) is 41.7 Å². The van der Waals surface area contributed by atoms with Gasteiger partial charge in [-0.25, -0.2) is 0 Å². The van der Waals surface area contributed by atoms with Crippen LogP contribution in [-0.4, -0.2) is 11.7 Å². The molecule has 0 spiro atoms. The Kier molecular flexibility index (Phi) is 5.74. The third kappa shape index (κ3) is 4.08. The summed E-state index contributed by atoms with van der Waals surface area (Å²) in [6, 6.07) is 40.6. The fourth-order valence-corrected chi connectivity index (χ4v) is 7.22. The summed E-state index contributed by atoms with van der Waals surface area (Å²) in [6.07, 6.45) is 0. The molecule has 1 amide bonds. The van der Waals surface area contributed by atoms with Gasteiger partial charge in [0.1, 0.15) is 0 Å². The summed E-state index contributed by atoms with van der Waals surface area (Å²) in [5, 5.41) is 6.50. The molecule has 29 heavy (non-hydrogen) atoms. The molecule has 0 bridgehead atoms. The van der Waals surface area contributed by atoms with Crippen LogP contribution in [0.3, 0.4) is 0 Å².